The zero-order valence-electron chi connectivity index (χ0n) is 13.2. The summed E-state index contributed by atoms with van der Waals surface area (Å²) in [4.78, 5) is 16.4. The van der Waals surface area contributed by atoms with Crippen molar-refractivity contribution in [2.24, 2.45) is 5.73 Å². The second kappa shape index (κ2) is 5.90. The molecule has 0 bridgehead atoms. The lowest BCUT2D eigenvalue weighted by Crippen LogP contribution is -2.60. The molecule has 1 saturated carbocycles. The molecule has 20 heavy (non-hydrogen) atoms. The van der Waals surface area contributed by atoms with Crippen molar-refractivity contribution in [3.63, 3.8) is 0 Å². The number of hydrogen-bond donors (Lipinski definition) is 1. The number of nitrogens with two attached hydrogens (primary N) is 1. The first-order chi connectivity index (χ1) is 9.36. The SMILES string of the molecule is CC(C)(C)OC(=O)N1CCN(C2(CN)CCCC2)CC1. The van der Waals surface area contributed by atoms with Crippen LogP contribution in [0.4, 0.5) is 4.79 Å². The predicted molar refractivity (Wildman–Crippen MR) is 79.6 cm³/mol. The molecule has 0 aromatic carbocycles. The summed E-state index contributed by atoms with van der Waals surface area (Å²) in [6, 6.07) is 0. The molecule has 1 amide bonds. The third kappa shape index (κ3) is 3.44. The molecule has 2 fully saturated rings. The molecule has 1 aliphatic carbocycles. The number of carbonyl (C=O) groups excluding carboxylic acids is 1. The van der Waals surface area contributed by atoms with Crippen molar-refractivity contribution in [1.29, 1.82) is 0 Å². The molecular weight excluding hydrogens is 254 g/mol. The van der Waals surface area contributed by atoms with Crippen LogP contribution in [0.3, 0.4) is 0 Å². The second-order valence-corrected chi connectivity index (χ2v) is 7.09. The molecule has 5 heteroatoms. The Kier molecular flexibility index (Phi) is 4.59. The lowest BCUT2D eigenvalue weighted by molar-refractivity contribution is -0.00136. The van der Waals surface area contributed by atoms with Gasteiger partial charge in [-0.15, -0.1) is 0 Å². The number of amides is 1. The average molecular weight is 283 g/mol. The maximum atomic E-state index is 12.1. The van der Waals surface area contributed by atoms with Crippen LogP contribution in [-0.2, 0) is 4.74 Å². The van der Waals surface area contributed by atoms with Crippen LogP contribution in [0.1, 0.15) is 46.5 Å². The quantitative estimate of drug-likeness (QED) is 0.839. The predicted octanol–water partition coefficient (Wildman–Crippen LogP) is 1.81. The highest BCUT2D eigenvalue weighted by Gasteiger charge is 2.40. The fourth-order valence-electron chi connectivity index (χ4n) is 3.37. The van der Waals surface area contributed by atoms with E-state index in [4.69, 9.17) is 10.5 Å². The van der Waals surface area contributed by atoms with Crippen molar-refractivity contribution in [2.75, 3.05) is 32.7 Å². The van der Waals surface area contributed by atoms with Crippen molar-refractivity contribution < 1.29 is 9.53 Å². The highest BCUT2D eigenvalue weighted by Crippen LogP contribution is 2.35. The molecule has 0 spiro atoms. The zero-order chi connectivity index (χ0) is 14.8. The lowest BCUT2D eigenvalue weighted by atomic mass is 9.94. The summed E-state index contributed by atoms with van der Waals surface area (Å²) in [5, 5.41) is 0. The van der Waals surface area contributed by atoms with E-state index in [1.807, 2.05) is 25.7 Å². The molecule has 0 unspecified atom stereocenters. The van der Waals surface area contributed by atoms with Gasteiger partial charge in [-0.3, -0.25) is 4.90 Å². The molecule has 2 aliphatic rings. The first kappa shape index (κ1) is 15.6. The number of piperazine rings is 1. The van der Waals surface area contributed by atoms with Crippen LogP contribution in [0.25, 0.3) is 0 Å². The largest absolute Gasteiger partial charge is 0.444 e. The molecule has 0 atom stereocenters. The molecule has 0 radical (unpaired) electrons. The van der Waals surface area contributed by atoms with E-state index in [-0.39, 0.29) is 11.6 Å². The summed E-state index contributed by atoms with van der Waals surface area (Å²) >= 11 is 0. The first-order valence-corrected chi connectivity index (χ1v) is 7.79. The van der Waals surface area contributed by atoms with Gasteiger partial charge in [0.25, 0.3) is 0 Å². The van der Waals surface area contributed by atoms with Gasteiger partial charge < -0.3 is 15.4 Å². The van der Waals surface area contributed by atoms with Gasteiger partial charge in [-0.05, 0) is 33.6 Å². The normalized spacial score (nSPS) is 23.9. The Morgan fingerprint density at radius 2 is 1.70 bits per heavy atom. The Hall–Kier alpha value is -0.810. The summed E-state index contributed by atoms with van der Waals surface area (Å²) < 4.78 is 5.43. The number of carbonyl (C=O) groups is 1. The third-order valence-corrected chi connectivity index (χ3v) is 4.52. The van der Waals surface area contributed by atoms with Crippen molar-refractivity contribution in [2.45, 2.75) is 57.6 Å². The van der Waals surface area contributed by atoms with Gasteiger partial charge in [0.15, 0.2) is 0 Å². The van der Waals surface area contributed by atoms with Gasteiger partial charge >= 0.3 is 6.09 Å². The van der Waals surface area contributed by atoms with Crippen LogP contribution in [0.15, 0.2) is 0 Å². The van der Waals surface area contributed by atoms with Gasteiger partial charge in [-0.1, -0.05) is 12.8 Å². The maximum Gasteiger partial charge on any atom is 0.410 e. The number of nitrogens with zero attached hydrogens (tertiary/aromatic N) is 2. The van der Waals surface area contributed by atoms with E-state index in [9.17, 15) is 4.79 Å². The second-order valence-electron chi connectivity index (χ2n) is 7.09. The minimum Gasteiger partial charge on any atom is -0.444 e. The zero-order valence-corrected chi connectivity index (χ0v) is 13.2. The van der Waals surface area contributed by atoms with Crippen LogP contribution in [0.2, 0.25) is 0 Å². The van der Waals surface area contributed by atoms with E-state index in [0.717, 1.165) is 32.7 Å². The fraction of sp³-hybridized carbons (Fsp3) is 0.933. The fourth-order valence-corrected chi connectivity index (χ4v) is 3.37. The van der Waals surface area contributed by atoms with E-state index in [0.29, 0.717) is 0 Å². The van der Waals surface area contributed by atoms with E-state index < -0.39 is 5.60 Å². The topological polar surface area (TPSA) is 58.8 Å². The standard InChI is InChI=1S/C15H29N3O2/c1-14(2,3)20-13(19)17-8-10-18(11-9-17)15(12-16)6-4-5-7-15/h4-12,16H2,1-3H3. The van der Waals surface area contributed by atoms with Crippen LogP contribution in [0.5, 0.6) is 0 Å². The monoisotopic (exact) mass is 283 g/mol. The molecular formula is C15H29N3O2. The Morgan fingerprint density at radius 3 is 2.15 bits per heavy atom. The van der Waals surface area contributed by atoms with Gasteiger partial charge in [0.05, 0.1) is 0 Å². The van der Waals surface area contributed by atoms with Crippen molar-refractivity contribution in [3.8, 4) is 0 Å². The van der Waals surface area contributed by atoms with Crippen LogP contribution >= 0.6 is 0 Å². The Balaban J connectivity index is 1.87. The van der Waals surface area contributed by atoms with Gasteiger partial charge in [0, 0.05) is 38.3 Å². The molecule has 116 valence electrons. The smallest absolute Gasteiger partial charge is 0.410 e. The Labute approximate surface area is 122 Å². The molecule has 1 aliphatic heterocycles. The Bertz CT molecular complexity index is 338. The molecule has 1 saturated heterocycles. The van der Waals surface area contributed by atoms with E-state index in [1.165, 1.54) is 25.7 Å². The number of hydrogen-bond acceptors (Lipinski definition) is 4. The minimum atomic E-state index is -0.419. The van der Waals surface area contributed by atoms with Crippen LogP contribution in [-0.4, -0.2) is 59.8 Å². The first-order valence-electron chi connectivity index (χ1n) is 7.79. The molecule has 1 heterocycles. The third-order valence-electron chi connectivity index (χ3n) is 4.52. The molecule has 2 N–H and O–H groups in total. The average Bonchev–Trinajstić information content (AvgIpc) is 2.87. The number of rotatable bonds is 2. The number of ether oxygens (including phenoxy) is 1. The highest BCUT2D eigenvalue weighted by atomic mass is 16.6. The minimum absolute atomic E-state index is 0.189. The van der Waals surface area contributed by atoms with Crippen molar-refractivity contribution in [1.82, 2.24) is 9.80 Å². The van der Waals surface area contributed by atoms with Gasteiger partial charge in [0.1, 0.15) is 5.60 Å². The van der Waals surface area contributed by atoms with E-state index in [1.54, 1.807) is 0 Å². The molecule has 0 aromatic heterocycles. The summed E-state index contributed by atoms with van der Waals surface area (Å²) in [7, 11) is 0. The Morgan fingerprint density at radius 1 is 1.15 bits per heavy atom. The maximum absolute atomic E-state index is 12.1. The van der Waals surface area contributed by atoms with Gasteiger partial charge in [0.2, 0.25) is 0 Å². The van der Waals surface area contributed by atoms with Crippen molar-refractivity contribution >= 4 is 6.09 Å². The molecule has 5 nitrogen and oxygen atoms in total. The summed E-state index contributed by atoms with van der Waals surface area (Å²) in [5.74, 6) is 0. The molecule has 0 aromatic rings. The summed E-state index contributed by atoms with van der Waals surface area (Å²) in [6.07, 6.45) is 4.78. The highest BCUT2D eigenvalue weighted by molar-refractivity contribution is 5.68. The van der Waals surface area contributed by atoms with Crippen LogP contribution in [0, 0.1) is 0 Å². The van der Waals surface area contributed by atoms with Crippen LogP contribution < -0.4 is 5.73 Å². The molecule has 2 rings (SSSR count). The summed E-state index contributed by atoms with van der Waals surface area (Å²) in [5.41, 5.74) is 5.81. The van der Waals surface area contributed by atoms with E-state index >= 15 is 0 Å². The van der Waals surface area contributed by atoms with E-state index in [2.05, 4.69) is 4.90 Å². The summed E-state index contributed by atoms with van der Waals surface area (Å²) in [6.45, 7) is 9.77. The van der Waals surface area contributed by atoms with Crippen molar-refractivity contribution in [3.05, 3.63) is 0 Å². The lowest BCUT2D eigenvalue weighted by Gasteiger charge is -2.45. The van der Waals surface area contributed by atoms with Gasteiger partial charge in [-0.25, -0.2) is 4.79 Å². The van der Waals surface area contributed by atoms with Gasteiger partial charge in [-0.2, -0.15) is 0 Å².